The quantitative estimate of drug-likeness (QED) is 0.663. The molecule has 0 radical (unpaired) electrons. The van der Waals surface area contributed by atoms with Crippen molar-refractivity contribution in [2.24, 2.45) is 5.92 Å². The Morgan fingerprint density at radius 3 is 2.52 bits per heavy atom. The molecule has 0 amide bonds. The summed E-state index contributed by atoms with van der Waals surface area (Å²) >= 11 is 0. The van der Waals surface area contributed by atoms with Crippen LogP contribution in [0.5, 0.6) is 5.75 Å². The van der Waals surface area contributed by atoms with E-state index in [1.54, 1.807) is 0 Å². The summed E-state index contributed by atoms with van der Waals surface area (Å²) in [4.78, 5) is 2.52. The van der Waals surface area contributed by atoms with E-state index < -0.39 is 0 Å². The lowest BCUT2D eigenvalue weighted by Crippen LogP contribution is -2.36. The molecule has 1 saturated heterocycles. The summed E-state index contributed by atoms with van der Waals surface area (Å²) in [6.45, 7) is 6.72. The van der Waals surface area contributed by atoms with E-state index in [4.69, 9.17) is 9.47 Å². The number of hydrogen-bond donors (Lipinski definition) is 1. The Bertz CT molecular complexity index is 384. The highest BCUT2D eigenvalue weighted by Gasteiger charge is 2.18. The van der Waals surface area contributed by atoms with Crippen LogP contribution >= 0.6 is 12.4 Å². The number of hydrogen-bond acceptors (Lipinski definition) is 4. The van der Waals surface area contributed by atoms with Crippen molar-refractivity contribution in [2.45, 2.75) is 19.3 Å². The van der Waals surface area contributed by atoms with Gasteiger partial charge in [-0.3, -0.25) is 0 Å². The largest absolute Gasteiger partial charge is 0.491 e. The van der Waals surface area contributed by atoms with E-state index in [0.717, 1.165) is 31.4 Å². The lowest BCUT2D eigenvalue weighted by atomic mass is 9.93. The van der Waals surface area contributed by atoms with Crippen LogP contribution < -0.4 is 10.1 Å². The second-order valence-corrected chi connectivity index (χ2v) is 5.95. The topological polar surface area (TPSA) is 33.7 Å². The minimum Gasteiger partial charge on any atom is -0.491 e. The van der Waals surface area contributed by atoms with E-state index in [1.165, 1.54) is 32.4 Å². The number of nitrogens with zero attached hydrogens (tertiary/aromatic N) is 1. The molecule has 1 heterocycles. The Labute approximate surface area is 146 Å². The molecule has 1 aliphatic rings. The number of likely N-dealkylation sites (tertiary alicyclic amines) is 1. The molecule has 1 N–H and O–H groups in total. The van der Waals surface area contributed by atoms with Crippen molar-refractivity contribution >= 4 is 12.4 Å². The summed E-state index contributed by atoms with van der Waals surface area (Å²) in [5.41, 5.74) is 0. The standard InChI is InChI=1S/C18H30N2O2.ClH/c1-19-10-7-17-8-11-20(12-9-17)13-14-21-15-16-22-18-5-3-2-4-6-18;/h2-6,17,19H,7-16H2,1H3;1H. The normalized spacial score (nSPS) is 16.0. The van der Waals surface area contributed by atoms with Gasteiger partial charge < -0.3 is 19.7 Å². The molecular formula is C18H31ClN2O2. The average molecular weight is 343 g/mol. The van der Waals surface area contributed by atoms with Gasteiger partial charge in [0.2, 0.25) is 0 Å². The monoisotopic (exact) mass is 342 g/mol. The number of ether oxygens (including phenoxy) is 2. The van der Waals surface area contributed by atoms with Gasteiger partial charge in [0.15, 0.2) is 0 Å². The molecule has 2 rings (SSSR count). The summed E-state index contributed by atoms with van der Waals surface area (Å²) < 4.78 is 11.3. The first kappa shape index (κ1) is 20.2. The van der Waals surface area contributed by atoms with Crippen molar-refractivity contribution in [3.8, 4) is 5.75 Å². The predicted octanol–water partition coefficient (Wildman–Crippen LogP) is 2.83. The van der Waals surface area contributed by atoms with Gasteiger partial charge in [0.05, 0.1) is 13.2 Å². The number of benzene rings is 1. The lowest BCUT2D eigenvalue weighted by Gasteiger charge is -2.31. The van der Waals surface area contributed by atoms with Crippen LogP contribution in [0.3, 0.4) is 0 Å². The highest BCUT2D eigenvalue weighted by molar-refractivity contribution is 5.85. The van der Waals surface area contributed by atoms with E-state index in [9.17, 15) is 0 Å². The first-order valence-electron chi connectivity index (χ1n) is 8.51. The summed E-state index contributed by atoms with van der Waals surface area (Å²) in [5.74, 6) is 1.82. The predicted molar refractivity (Wildman–Crippen MR) is 97.7 cm³/mol. The van der Waals surface area contributed by atoms with Crippen LogP contribution in [0.1, 0.15) is 19.3 Å². The molecule has 0 aromatic heterocycles. The molecule has 4 nitrogen and oxygen atoms in total. The number of para-hydroxylation sites is 1. The van der Waals surface area contributed by atoms with Gasteiger partial charge in [-0.25, -0.2) is 0 Å². The third kappa shape index (κ3) is 8.56. The molecular weight excluding hydrogens is 312 g/mol. The van der Waals surface area contributed by atoms with Crippen LogP contribution in [0, 0.1) is 5.92 Å². The maximum absolute atomic E-state index is 5.67. The van der Waals surface area contributed by atoms with E-state index in [-0.39, 0.29) is 12.4 Å². The average Bonchev–Trinajstić information content (AvgIpc) is 2.58. The Morgan fingerprint density at radius 1 is 1.09 bits per heavy atom. The molecule has 1 aliphatic heterocycles. The van der Waals surface area contributed by atoms with Crippen molar-refractivity contribution in [3.05, 3.63) is 30.3 Å². The maximum atomic E-state index is 5.67. The van der Waals surface area contributed by atoms with E-state index >= 15 is 0 Å². The second kappa shape index (κ2) is 12.6. The van der Waals surface area contributed by atoms with Crippen LogP contribution in [0.15, 0.2) is 30.3 Å². The van der Waals surface area contributed by atoms with Gasteiger partial charge >= 0.3 is 0 Å². The minimum atomic E-state index is 0. The Morgan fingerprint density at radius 2 is 1.83 bits per heavy atom. The molecule has 0 saturated carbocycles. The second-order valence-electron chi connectivity index (χ2n) is 5.95. The number of rotatable bonds is 10. The van der Waals surface area contributed by atoms with Gasteiger partial charge in [0.25, 0.3) is 0 Å². The molecule has 0 spiro atoms. The number of nitrogens with one attached hydrogen (secondary N) is 1. The third-order valence-electron chi connectivity index (χ3n) is 4.30. The zero-order chi connectivity index (χ0) is 15.5. The molecule has 1 aromatic carbocycles. The Balaban J connectivity index is 0.00000264. The van der Waals surface area contributed by atoms with Crippen molar-refractivity contribution in [3.63, 3.8) is 0 Å². The molecule has 23 heavy (non-hydrogen) atoms. The summed E-state index contributed by atoms with van der Waals surface area (Å²) in [7, 11) is 2.04. The number of piperidine rings is 1. The maximum Gasteiger partial charge on any atom is 0.119 e. The Hall–Kier alpha value is -0.810. The SMILES string of the molecule is CNCCC1CCN(CCOCCOc2ccccc2)CC1.Cl. The van der Waals surface area contributed by atoms with Crippen LogP contribution in [-0.2, 0) is 4.74 Å². The fourth-order valence-electron chi connectivity index (χ4n) is 2.88. The highest BCUT2D eigenvalue weighted by Crippen LogP contribution is 2.19. The van der Waals surface area contributed by atoms with Gasteiger partial charge in [-0.2, -0.15) is 0 Å². The van der Waals surface area contributed by atoms with E-state index in [0.29, 0.717) is 13.2 Å². The fourth-order valence-corrected chi connectivity index (χ4v) is 2.88. The molecule has 1 fully saturated rings. The van der Waals surface area contributed by atoms with E-state index in [2.05, 4.69) is 10.2 Å². The van der Waals surface area contributed by atoms with Crippen molar-refractivity contribution in [1.29, 1.82) is 0 Å². The van der Waals surface area contributed by atoms with Gasteiger partial charge in [-0.1, -0.05) is 18.2 Å². The molecule has 0 bridgehead atoms. The molecule has 0 atom stereocenters. The highest BCUT2D eigenvalue weighted by atomic mass is 35.5. The van der Waals surface area contributed by atoms with Crippen molar-refractivity contribution in [2.75, 3.05) is 53.0 Å². The first-order chi connectivity index (χ1) is 10.9. The zero-order valence-corrected chi connectivity index (χ0v) is 15.0. The molecule has 1 aromatic rings. The molecule has 5 heteroatoms. The van der Waals surface area contributed by atoms with Crippen molar-refractivity contribution in [1.82, 2.24) is 10.2 Å². The molecule has 0 aliphatic carbocycles. The van der Waals surface area contributed by atoms with Crippen LogP contribution in [-0.4, -0.2) is 57.9 Å². The van der Waals surface area contributed by atoms with Gasteiger partial charge in [0, 0.05) is 6.54 Å². The summed E-state index contributed by atoms with van der Waals surface area (Å²) in [6.07, 6.45) is 3.98. The van der Waals surface area contributed by atoms with Crippen LogP contribution in [0.4, 0.5) is 0 Å². The van der Waals surface area contributed by atoms with Gasteiger partial charge in [0.1, 0.15) is 12.4 Å². The smallest absolute Gasteiger partial charge is 0.119 e. The molecule has 0 unspecified atom stereocenters. The summed E-state index contributed by atoms with van der Waals surface area (Å²) in [5, 5.41) is 3.25. The van der Waals surface area contributed by atoms with Crippen LogP contribution in [0.25, 0.3) is 0 Å². The Kier molecular flexibility index (Phi) is 11.1. The van der Waals surface area contributed by atoms with Crippen LogP contribution in [0.2, 0.25) is 0 Å². The molecule has 132 valence electrons. The van der Waals surface area contributed by atoms with E-state index in [1.807, 2.05) is 37.4 Å². The third-order valence-corrected chi connectivity index (χ3v) is 4.30. The minimum absolute atomic E-state index is 0. The number of halogens is 1. The first-order valence-corrected chi connectivity index (χ1v) is 8.51. The lowest BCUT2D eigenvalue weighted by molar-refractivity contribution is 0.0693. The fraction of sp³-hybridized carbons (Fsp3) is 0.667. The summed E-state index contributed by atoms with van der Waals surface area (Å²) in [6, 6.07) is 9.90. The van der Waals surface area contributed by atoms with Crippen molar-refractivity contribution < 1.29 is 9.47 Å². The van der Waals surface area contributed by atoms with Gasteiger partial charge in [-0.15, -0.1) is 12.4 Å². The van der Waals surface area contributed by atoms with Gasteiger partial charge in [-0.05, 0) is 64.0 Å². The zero-order valence-electron chi connectivity index (χ0n) is 14.2.